The van der Waals surface area contributed by atoms with Crippen molar-refractivity contribution in [3.8, 4) is 6.07 Å². The Bertz CT molecular complexity index is 406. The van der Waals surface area contributed by atoms with Crippen LogP contribution in [0.25, 0.3) is 0 Å². The quantitative estimate of drug-likeness (QED) is 0.847. The molecular weight excluding hydrogens is 210 g/mol. The Hall–Kier alpha value is -1.53. The molecule has 0 aromatic heterocycles. The molecule has 0 saturated heterocycles. The Morgan fingerprint density at radius 2 is 2.18 bits per heavy atom. The van der Waals surface area contributed by atoms with Gasteiger partial charge in [0.15, 0.2) is 0 Å². The van der Waals surface area contributed by atoms with Gasteiger partial charge in [0.25, 0.3) is 0 Å². The lowest BCUT2D eigenvalue weighted by molar-refractivity contribution is 0.616. The molecule has 1 unspecified atom stereocenters. The van der Waals surface area contributed by atoms with Crippen LogP contribution in [0.2, 0.25) is 0 Å². The van der Waals surface area contributed by atoms with Gasteiger partial charge in [-0.25, -0.2) is 0 Å². The van der Waals surface area contributed by atoms with E-state index in [0.29, 0.717) is 18.2 Å². The lowest BCUT2D eigenvalue weighted by Crippen LogP contribution is -2.29. The zero-order valence-electron chi connectivity index (χ0n) is 10.9. The zero-order chi connectivity index (χ0) is 12.8. The molecule has 1 atom stereocenters. The minimum atomic E-state index is 0.441. The van der Waals surface area contributed by atoms with Gasteiger partial charge in [-0.3, -0.25) is 0 Å². The summed E-state index contributed by atoms with van der Waals surface area (Å²) in [5.74, 6) is 0. The van der Waals surface area contributed by atoms with Crippen LogP contribution in [0.3, 0.4) is 0 Å². The number of anilines is 1. The van der Waals surface area contributed by atoms with Crippen LogP contribution in [0.15, 0.2) is 18.2 Å². The normalized spacial score (nSPS) is 11.9. The smallest absolute Gasteiger partial charge is 0.101 e. The standard InChI is InChI=1S/C14H21N3/c1-4-5-11(2)17(3)14-7-6-12(9-15)8-13(14)10-16/h6-8,11H,4-5,9,15H2,1-3H3. The van der Waals surface area contributed by atoms with Gasteiger partial charge in [0.1, 0.15) is 6.07 Å². The Morgan fingerprint density at radius 3 is 2.71 bits per heavy atom. The largest absolute Gasteiger partial charge is 0.371 e. The van der Waals surface area contributed by atoms with E-state index >= 15 is 0 Å². The van der Waals surface area contributed by atoms with E-state index in [4.69, 9.17) is 5.73 Å². The molecule has 92 valence electrons. The van der Waals surface area contributed by atoms with Gasteiger partial charge in [0.2, 0.25) is 0 Å². The third-order valence-corrected chi connectivity index (χ3v) is 3.16. The summed E-state index contributed by atoms with van der Waals surface area (Å²) in [6.45, 7) is 4.83. The second-order valence-corrected chi connectivity index (χ2v) is 4.42. The highest BCUT2D eigenvalue weighted by atomic mass is 15.1. The molecule has 3 heteroatoms. The molecule has 17 heavy (non-hydrogen) atoms. The van der Waals surface area contributed by atoms with Crippen LogP contribution in [0.4, 0.5) is 5.69 Å². The number of nitrogens with zero attached hydrogens (tertiary/aromatic N) is 2. The minimum Gasteiger partial charge on any atom is -0.371 e. The van der Waals surface area contributed by atoms with E-state index in [-0.39, 0.29) is 0 Å². The molecular formula is C14H21N3. The summed E-state index contributed by atoms with van der Waals surface area (Å²) in [6.07, 6.45) is 2.27. The molecule has 0 bridgehead atoms. The molecule has 2 N–H and O–H groups in total. The topological polar surface area (TPSA) is 53.0 Å². The van der Waals surface area contributed by atoms with Crippen molar-refractivity contribution in [1.82, 2.24) is 0 Å². The van der Waals surface area contributed by atoms with Crippen molar-refractivity contribution in [2.45, 2.75) is 39.3 Å². The van der Waals surface area contributed by atoms with Gasteiger partial charge in [-0.1, -0.05) is 19.4 Å². The van der Waals surface area contributed by atoms with Crippen molar-refractivity contribution >= 4 is 5.69 Å². The maximum Gasteiger partial charge on any atom is 0.101 e. The Morgan fingerprint density at radius 1 is 1.47 bits per heavy atom. The van der Waals surface area contributed by atoms with E-state index < -0.39 is 0 Å². The van der Waals surface area contributed by atoms with Crippen molar-refractivity contribution in [3.05, 3.63) is 29.3 Å². The summed E-state index contributed by atoms with van der Waals surface area (Å²) >= 11 is 0. The fourth-order valence-electron chi connectivity index (χ4n) is 1.96. The highest BCUT2D eigenvalue weighted by molar-refractivity contribution is 5.60. The number of benzene rings is 1. The van der Waals surface area contributed by atoms with Crippen LogP contribution < -0.4 is 10.6 Å². The van der Waals surface area contributed by atoms with Gasteiger partial charge >= 0.3 is 0 Å². The van der Waals surface area contributed by atoms with E-state index in [1.165, 1.54) is 0 Å². The lowest BCUT2D eigenvalue weighted by Gasteiger charge is -2.27. The first-order valence-corrected chi connectivity index (χ1v) is 6.10. The fraction of sp³-hybridized carbons (Fsp3) is 0.500. The molecule has 1 rings (SSSR count). The van der Waals surface area contributed by atoms with Gasteiger partial charge in [-0.2, -0.15) is 5.26 Å². The monoisotopic (exact) mass is 231 g/mol. The average Bonchev–Trinajstić information content (AvgIpc) is 2.37. The summed E-state index contributed by atoms with van der Waals surface area (Å²) < 4.78 is 0. The molecule has 0 spiro atoms. The summed E-state index contributed by atoms with van der Waals surface area (Å²) in [5.41, 5.74) is 8.28. The maximum absolute atomic E-state index is 9.18. The van der Waals surface area contributed by atoms with E-state index in [1.54, 1.807) is 0 Å². The van der Waals surface area contributed by atoms with Gasteiger partial charge in [0, 0.05) is 19.6 Å². The van der Waals surface area contributed by atoms with Gasteiger partial charge < -0.3 is 10.6 Å². The molecule has 1 aromatic rings. The predicted octanol–water partition coefficient (Wildman–Crippen LogP) is 2.64. The Kier molecular flexibility index (Phi) is 4.99. The molecule has 0 aliphatic heterocycles. The van der Waals surface area contributed by atoms with Gasteiger partial charge in [-0.05, 0) is 31.0 Å². The summed E-state index contributed by atoms with van der Waals surface area (Å²) in [6, 6.07) is 8.56. The highest BCUT2D eigenvalue weighted by Crippen LogP contribution is 2.23. The predicted molar refractivity (Wildman–Crippen MR) is 71.8 cm³/mol. The van der Waals surface area contributed by atoms with E-state index in [0.717, 1.165) is 24.1 Å². The second-order valence-electron chi connectivity index (χ2n) is 4.42. The molecule has 0 radical (unpaired) electrons. The number of nitriles is 1. The fourth-order valence-corrected chi connectivity index (χ4v) is 1.96. The summed E-state index contributed by atoms with van der Waals surface area (Å²) in [4.78, 5) is 2.17. The molecule has 0 heterocycles. The SMILES string of the molecule is CCCC(C)N(C)c1ccc(CN)cc1C#N. The third kappa shape index (κ3) is 3.21. The van der Waals surface area contributed by atoms with Crippen molar-refractivity contribution in [2.24, 2.45) is 5.73 Å². The van der Waals surface area contributed by atoms with Gasteiger partial charge in [-0.15, -0.1) is 0 Å². The minimum absolute atomic E-state index is 0.441. The number of hydrogen-bond donors (Lipinski definition) is 1. The lowest BCUT2D eigenvalue weighted by atomic mass is 10.1. The van der Waals surface area contributed by atoms with Crippen molar-refractivity contribution < 1.29 is 0 Å². The summed E-state index contributed by atoms with van der Waals surface area (Å²) in [5, 5.41) is 9.18. The van der Waals surface area contributed by atoms with E-state index in [2.05, 4.69) is 24.8 Å². The van der Waals surface area contributed by atoms with Crippen LogP contribution >= 0.6 is 0 Å². The molecule has 0 aliphatic rings. The average molecular weight is 231 g/mol. The molecule has 0 saturated carbocycles. The summed E-state index contributed by atoms with van der Waals surface area (Å²) in [7, 11) is 2.04. The van der Waals surface area contributed by atoms with Crippen LogP contribution in [-0.2, 0) is 6.54 Å². The molecule has 1 aromatic carbocycles. The van der Waals surface area contributed by atoms with Crippen molar-refractivity contribution in [3.63, 3.8) is 0 Å². The van der Waals surface area contributed by atoms with E-state index in [9.17, 15) is 5.26 Å². The molecule has 0 aliphatic carbocycles. The third-order valence-electron chi connectivity index (χ3n) is 3.16. The molecule has 3 nitrogen and oxygen atoms in total. The van der Waals surface area contributed by atoms with Crippen molar-refractivity contribution in [1.29, 1.82) is 5.26 Å². The second kappa shape index (κ2) is 6.27. The zero-order valence-corrected chi connectivity index (χ0v) is 10.9. The number of rotatable bonds is 5. The first-order valence-electron chi connectivity index (χ1n) is 6.10. The van der Waals surface area contributed by atoms with Crippen LogP contribution in [0.1, 0.15) is 37.8 Å². The molecule has 0 amide bonds. The van der Waals surface area contributed by atoms with Crippen LogP contribution in [0, 0.1) is 11.3 Å². The first kappa shape index (κ1) is 13.5. The number of hydrogen-bond acceptors (Lipinski definition) is 3. The van der Waals surface area contributed by atoms with Crippen LogP contribution in [0.5, 0.6) is 0 Å². The first-order chi connectivity index (χ1) is 8.13. The van der Waals surface area contributed by atoms with Gasteiger partial charge in [0.05, 0.1) is 11.3 Å². The van der Waals surface area contributed by atoms with E-state index in [1.807, 2.05) is 25.2 Å². The highest BCUT2D eigenvalue weighted by Gasteiger charge is 2.13. The van der Waals surface area contributed by atoms with Crippen molar-refractivity contribution in [2.75, 3.05) is 11.9 Å². The molecule has 0 fully saturated rings. The Labute approximate surface area is 104 Å². The maximum atomic E-state index is 9.18. The Balaban J connectivity index is 3.01. The number of nitrogens with two attached hydrogens (primary N) is 1. The van der Waals surface area contributed by atoms with Crippen LogP contribution in [-0.4, -0.2) is 13.1 Å².